The van der Waals surface area contributed by atoms with Gasteiger partial charge in [0.1, 0.15) is 0 Å². The van der Waals surface area contributed by atoms with Gasteiger partial charge in [-0.3, -0.25) is 14.4 Å². The molecule has 0 spiro atoms. The Bertz CT molecular complexity index is 890. The molecule has 2 aliphatic heterocycles. The minimum absolute atomic E-state index is 0.202. The zero-order chi connectivity index (χ0) is 19.1. The minimum atomic E-state index is -0.830. The third kappa shape index (κ3) is 3.00. The van der Waals surface area contributed by atoms with Gasteiger partial charge in [-0.2, -0.15) is 0 Å². The molecule has 140 valence electrons. The molecule has 4 rings (SSSR count). The van der Waals surface area contributed by atoms with E-state index in [0.29, 0.717) is 15.7 Å². The molecule has 2 saturated heterocycles. The summed E-state index contributed by atoms with van der Waals surface area (Å²) in [5.41, 5.74) is 1.26. The molecule has 2 fully saturated rings. The van der Waals surface area contributed by atoms with Crippen LogP contribution in [0.3, 0.4) is 0 Å². The molecule has 0 unspecified atom stereocenters. The van der Waals surface area contributed by atoms with Crippen molar-refractivity contribution in [1.29, 1.82) is 0 Å². The van der Waals surface area contributed by atoms with Crippen molar-refractivity contribution in [3.63, 3.8) is 0 Å². The van der Waals surface area contributed by atoms with Crippen molar-refractivity contribution in [1.82, 2.24) is 0 Å². The van der Waals surface area contributed by atoms with E-state index < -0.39 is 12.0 Å². The molecule has 0 radical (unpaired) electrons. The van der Waals surface area contributed by atoms with Gasteiger partial charge < -0.3 is 0 Å². The molecule has 5 nitrogen and oxygen atoms in total. The first-order valence-electron chi connectivity index (χ1n) is 8.87. The number of hydrogen-bond acceptors (Lipinski definition) is 4. The summed E-state index contributed by atoms with van der Waals surface area (Å²) in [5.74, 6) is -1.18. The lowest BCUT2D eigenvalue weighted by Crippen LogP contribution is -2.40. The van der Waals surface area contributed by atoms with E-state index in [9.17, 15) is 9.59 Å². The highest BCUT2D eigenvalue weighted by Crippen LogP contribution is 2.42. The number of halogens is 2. The van der Waals surface area contributed by atoms with E-state index in [1.807, 2.05) is 30.3 Å². The topological polar surface area (TPSA) is 49.9 Å². The Morgan fingerprint density at radius 2 is 1.70 bits per heavy atom. The zero-order valence-corrected chi connectivity index (χ0v) is 16.2. The van der Waals surface area contributed by atoms with Crippen LogP contribution in [0.2, 0.25) is 10.0 Å². The lowest BCUT2D eigenvalue weighted by Gasteiger charge is -2.28. The molecule has 2 aliphatic rings. The second-order valence-electron chi connectivity index (χ2n) is 6.68. The van der Waals surface area contributed by atoms with Crippen LogP contribution in [0.5, 0.6) is 0 Å². The van der Waals surface area contributed by atoms with Crippen LogP contribution in [0, 0.1) is 5.92 Å². The van der Waals surface area contributed by atoms with Gasteiger partial charge in [0.05, 0.1) is 33.4 Å². The fourth-order valence-electron chi connectivity index (χ4n) is 3.79. The quantitative estimate of drug-likeness (QED) is 0.705. The SMILES string of the molecule is CCC[C@@H]1[C@@H]2C(=O)N(c3ccc(Cl)c(Cl)c3)C(=O)[C@H]2ON1c1ccccc1. The second kappa shape index (κ2) is 7.15. The molecule has 2 aromatic rings. The molecule has 3 atom stereocenters. The number of carbonyl (C=O) groups is 2. The predicted octanol–water partition coefficient (Wildman–Crippen LogP) is 4.47. The molecule has 0 N–H and O–H groups in total. The summed E-state index contributed by atoms with van der Waals surface area (Å²) < 4.78 is 0. The van der Waals surface area contributed by atoms with Crippen LogP contribution in [-0.4, -0.2) is 24.0 Å². The van der Waals surface area contributed by atoms with Gasteiger partial charge in [-0.05, 0) is 36.8 Å². The van der Waals surface area contributed by atoms with Crippen LogP contribution in [0.4, 0.5) is 11.4 Å². The highest BCUT2D eigenvalue weighted by atomic mass is 35.5. The summed E-state index contributed by atoms with van der Waals surface area (Å²) in [6, 6.07) is 14.1. The second-order valence-corrected chi connectivity index (χ2v) is 7.49. The maximum Gasteiger partial charge on any atom is 0.266 e. The summed E-state index contributed by atoms with van der Waals surface area (Å²) in [4.78, 5) is 33.3. The molecule has 7 heteroatoms. The normalized spacial score (nSPS) is 24.6. The van der Waals surface area contributed by atoms with Gasteiger partial charge in [-0.15, -0.1) is 0 Å². The lowest BCUT2D eigenvalue weighted by molar-refractivity contribution is -0.126. The summed E-state index contributed by atoms with van der Waals surface area (Å²) in [7, 11) is 0. The third-order valence-electron chi connectivity index (χ3n) is 4.99. The summed E-state index contributed by atoms with van der Waals surface area (Å²) in [5, 5.41) is 2.39. The minimum Gasteiger partial charge on any atom is -0.273 e. The van der Waals surface area contributed by atoms with Gasteiger partial charge in [0.2, 0.25) is 5.91 Å². The van der Waals surface area contributed by atoms with Gasteiger partial charge in [0.25, 0.3) is 5.91 Å². The number of para-hydroxylation sites is 1. The Labute approximate surface area is 167 Å². The van der Waals surface area contributed by atoms with Crippen molar-refractivity contribution < 1.29 is 14.4 Å². The highest BCUT2D eigenvalue weighted by Gasteiger charge is 2.59. The van der Waals surface area contributed by atoms with E-state index in [1.54, 1.807) is 17.2 Å². The van der Waals surface area contributed by atoms with E-state index in [4.69, 9.17) is 28.0 Å². The largest absolute Gasteiger partial charge is 0.273 e. The van der Waals surface area contributed by atoms with Crippen LogP contribution in [0.1, 0.15) is 19.8 Å². The molecule has 0 bridgehead atoms. The molecule has 0 aliphatic carbocycles. The Balaban J connectivity index is 1.68. The number of rotatable bonds is 4. The van der Waals surface area contributed by atoms with E-state index in [1.165, 1.54) is 11.0 Å². The van der Waals surface area contributed by atoms with Gasteiger partial charge >= 0.3 is 0 Å². The summed E-state index contributed by atoms with van der Waals surface area (Å²) >= 11 is 12.0. The molecule has 2 aromatic carbocycles. The maximum atomic E-state index is 13.2. The Morgan fingerprint density at radius 1 is 0.963 bits per heavy atom. The van der Waals surface area contributed by atoms with E-state index >= 15 is 0 Å². The number of amides is 2. The lowest BCUT2D eigenvalue weighted by atomic mass is 9.93. The molecule has 2 amide bonds. The van der Waals surface area contributed by atoms with E-state index in [-0.39, 0.29) is 17.9 Å². The molecule has 0 saturated carbocycles. The number of hydrogen-bond donors (Lipinski definition) is 0. The average Bonchev–Trinajstić information content (AvgIpc) is 3.15. The first-order valence-corrected chi connectivity index (χ1v) is 9.62. The van der Waals surface area contributed by atoms with Crippen LogP contribution in [0.15, 0.2) is 48.5 Å². The van der Waals surface area contributed by atoms with Crippen LogP contribution >= 0.6 is 23.2 Å². The molecule has 0 aromatic heterocycles. The van der Waals surface area contributed by atoms with Crippen molar-refractivity contribution in [3.05, 3.63) is 58.6 Å². The average molecular weight is 405 g/mol. The first kappa shape index (κ1) is 18.3. The van der Waals surface area contributed by atoms with Crippen molar-refractivity contribution in [2.75, 3.05) is 9.96 Å². The Morgan fingerprint density at radius 3 is 2.37 bits per heavy atom. The summed E-state index contributed by atoms with van der Waals surface area (Å²) in [6.07, 6.45) is 0.780. The molecule has 2 heterocycles. The van der Waals surface area contributed by atoms with Crippen molar-refractivity contribution in [2.24, 2.45) is 5.92 Å². The number of nitrogens with zero attached hydrogens (tertiary/aromatic N) is 2. The maximum absolute atomic E-state index is 13.2. The Hall–Kier alpha value is -2.08. The third-order valence-corrected chi connectivity index (χ3v) is 5.73. The van der Waals surface area contributed by atoms with Crippen molar-refractivity contribution in [2.45, 2.75) is 31.9 Å². The smallest absolute Gasteiger partial charge is 0.266 e. The van der Waals surface area contributed by atoms with E-state index in [0.717, 1.165) is 18.5 Å². The standard InChI is InChI=1S/C20H18Cl2N2O3/c1-2-6-16-17-18(27-24(16)12-7-4-3-5-8-12)20(26)23(19(17)25)13-9-10-14(21)15(22)11-13/h3-5,7-11,16-18H,2,6H2,1H3/t16-,17+,18+/m1/s1. The fourth-order valence-corrected chi connectivity index (χ4v) is 4.08. The van der Waals surface area contributed by atoms with Gasteiger partial charge in [0, 0.05) is 0 Å². The van der Waals surface area contributed by atoms with Crippen molar-refractivity contribution >= 4 is 46.4 Å². The van der Waals surface area contributed by atoms with Gasteiger partial charge in [-0.25, -0.2) is 9.96 Å². The van der Waals surface area contributed by atoms with Crippen LogP contribution in [-0.2, 0) is 14.4 Å². The number of benzene rings is 2. The van der Waals surface area contributed by atoms with E-state index in [2.05, 4.69) is 6.92 Å². The highest BCUT2D eigenvalue weighted by molar-refractivity contribution is 6.42. The number of fused-ring (bicyclic) bond motifs is 1. The van der Waals surface area contributed by atoms with Crippen molar-refractivity contribution in [3.8, 4) is 0 Å². The number of hydroxylamine groups is 1. The molecule has 27 heavy (non-hydrogen) atoms. The van der Waals surface area contributed by atoms with Gasteiger partial charge in [-0.1, -0.05) is 54.7 Å². The van der Waals surface area contributed by atoms with Gasteiger partial charge in [0.15, 0.2) is 6.10 Å². The fraction of sp³-hybridized carbons (Fsp3) is 0.300. The Kier molecular flexibility index (Phi) is 4.84. The first-order chi connectivity index (χ1) is 13.0. The van der Waals surface area contributed by atoms with Crippen LogP contribution < -0.4 is 9.96 Å². The predicted molar refractivity (Wildman–Crippen MR) is 105 cm³/mol. The molecular formula is C20H18Cl2N2O3. The summed E-state index contributed by atoms with van der Waals surface area (Å²) in [6.45, 7) is 2.05. The number of anilines is 2. The van der Waals surface area contributed by atoms with Crippen LogP contribution in [0.25, 0.3) is 0 Å². The number of carbonyl (C=O) groups excluding carboxylic acids is 2. The molecular weight excluding hydrogens is 387 g/mol. The number of imide groups is 1. The monoisotopic (exact) mass is 404 g/mol. The zero-order valence-electron chi connectivity index (χ0n) is 14.6.